The van der Waals surface area contributed by atoms with Crippen LogP contribution in [0.2, 0.25) is 0 Å². The lowest BCUT2D eigenvalue weighted by Gasteiger charge is -2.14. The molecular formula is C23H22N4O5S. The summed E-state index contributed by atoms with van der Waals surface area (Å²) in [6.45, 7) is 1.94. The highest BCUT2D eigenvalue weighted by Crippen LogP contribution is 2.44. The third kappa shape index (κ3) is 3.68. The second-order valence-electron chi connectivity index (χ2n) is 7.47. The number of hydrogen-bond acceptors (Lipinski definition) is 6. The third-order valence-corrected chi connectivity index (χ3v) is 6.80. The predicted octanol–water partition coefficient (Wildman–Crippen LogP) is 3.84. The zero-order valence-corrected chi connectivity index (χ0v) is 19.3. The summed E-state index contributed by atoms with van der Waals surface area (Å²) in [6, 6.07) is 12.2. The van der Waals surface area contributed by atoms with E-state index in [4.69, 9.17) is 4.74 Å². The minimum Gasteiger partial charge on any atom is -0.490 e. The van der Waals surface area contributed by atoms with Crippen LogP contribution in [0.15, 0.2) is 64.5 Å². The molecule has 4 aromatic rings. The summed E-state index contributed by atoms with van der Waals surface area (Å²) in [5.41, 5.74) is 2.03. The van der Waals surface area contributed by atoms with Gasteiger partial charge in [-0.2, -0.15) is 0 Å². The van der Waals surface area contributed by atoms with E-state index >= 15 is 0 Å². The number of aryl methyl sites for hydroxylation is 2. The quantitative estimate of drug-likeness (QED) is 0.342. The molecule has 1 N–H and O–H groups in total. The molecule has 1 atom stereocenters. The molecule has 0 aliphatic heterocycles. The Kier molecular flexibility index (Phi) is 5.77. The van der Waals surface area contributed by atoms with E-state index in [1.807, 2.05) is 19.1 Å². The zero-order chi connectivity index (χ0) is 23.9. The number of pyridine rings is 1. The number of aromatic nitrogens is 2. The molecule has 170 valence electrons. The standard InChI is InChI=1S/C23H22N4O5S/c1-14-5-7-15(8-6-14)33(31)26-12-11-16-18(13-25(3)23(28)20(16)26)17-9-10-19(24-2)21(27(29)30)22(17)32-4/h5-13,24H,1-4H3. The number of rotatable bonds is 6. The van der Waals surface area contributed by atoms with Gasteiger partial charge in [0.2, 0.25) is 5.75 Å². The molecule has 0 aliphatic carbocycles. The highest BCUT2D eigenvalue weighted by Gasteiger charge is 2.27. The van der Waals surface area contributed by atoms with Gasteiger partial charge < -0.3 is 14.6 Å². The molecule has 10 heteroatoms. The number of nitro benzene ring substituents is 1. The van der Waals surface area contributed by atoms with Crippen LogP contribution in [0.3, 0.4) is 0 Å². The number of nitro groups is 1. The van der Waals surface area contributed by atoms with Gasteiger partial charge in [0.25, 0.3) is 5.56 Å². The van der Waals surface area contributed by atoms with Gasteiger partial charge in [-0.1, -0.05) is 17.7 Å². The molecule has 0 spiro atoms. The number of fused-ring (bicyclic) bond motifs is 1. The Morgan fingerprint density at radius 1 is 1.09 bits per heavy atom. The van der Waals surface area contributed by atoms with Crippen LogP contribution in [0, 0.1) is 17.0 Å². The van der Waals surface area contributed by atoms with Gasteiger partial charge in [0.1, 0.15) is 11.2 Å². The van der Waals surface area contributed by atoms with Crippen LogP contribution in [0.4, 0.5) is 11.4 Å². The van der Waals surface area contributed by atoms with Crippen molar-refractivity contribution in [3.8, 4) is 16.9 Å². The Morgan fingerprint density at radius 3 is 2.39 bits per heavy atom. The van der Waals surface area contributed by atoms with Crippen molar-refractivity contribution in [2.75, 3.05) is 19.5 Å². The van der Waals surface area contributed by atoms with E-state index in [0.29, 0.717) is 27.1 Å². The highest BCUT2D eigenvalue weighted by molar-refractivity contribution is 7.83. The van der Waals surface area contributed by atoms with E-state index < -0.39 is 15.9 Å². The fraction of sp³-hybridized carbons (Fsp3) is 0.174. The summed E-state index contributed by atoms with van der Waals surface area (Å²) in [5.74, 6) is 0.0687. The Labute approximate surface area is 192 Å². The molecule has 0 saturated heterocycles. The van der Waals surface area contributed by atoms with Gasteiger partial charge in [0.05, 0.1) is 16.9 Å². The summed E-state index contributed by atoms with van der Waals surface area (Å²) < 4.78 is 21.5. The smallest absolute Gasteiger partial charge is 0.334 e. The first-order valence-electron chi connectivity index (χ1n) is 10.0. The Balaban J connectivity index is 2.01. The first-order chi connectivity index (χ1) is 15.8. The average molecular weight is 467 g/mol. The fourth-order valence-corrected chi connectivity index (χ4v) is 4.93. The predicted molar refractivity (Wildman–Crippen MR) is 128 cm³/mol. The van der Waals surface area contributed by atoms with Crippen molar-refractivity contribution < 1.29 is 13.9 Å². The number of methoxy groups -OCH3 is 1. The van der Waals surface area contributed by atoms with Crippen LogP contribution in [0.1, 0.15) is 5.56 Å². The van der Waals surface area contributed by atoms with Crippen LogP contribution in [0.25, 0.3) is 22.0 Å². The normalized spacial score (nSPS) is 12.0. The zero-order valence-electron chi connectivity index (χ0n) is 18.5. The van der Waals surface area contributed by atoms with Crippen molar-refractivity contribution in [3.05, 3.63) is 80.9 Å². The highest BCUT2D eigenvalue weighted by atomic mass is 32.2. The lowest BCUT2D eigenvalue weighted by atomic mass is 10.0. The third-order valence-electron chi connectivity index (χ3n) is 5.47. The fourth-order valence-electron chi connectivity index (χ4n) is 3.82. The number of nitrogens with one attached hydrogen (secondary N) is 1. The number of benzene rings is 2. The van der Waals surface area contributed by atoms with Crippen molar-refractivity contribution in [3.63, 3.8) is 0 Å². The summed E-state index contributed by atoms with van der Waals surface area (Å²) in [6.07, 6.45) is 3.19. The van der Waals surface area contributed by atoms with Crippen molar-refractivity contribution in [2.24, 2.45) is 7.05 Å². The SMILES string of the molecule is CNc1ccc(-c2cn(C)c(=O)c3c2ccn3S(=O)c2ccc(C)cc2)c(OC)c1[N+](=O)[O-]. The van der Waals surface area contributed by atoms with E-state index in [-0.39, 0.29) is 22.5 Å². The second kappa shape index (κ2) is 8.55. The summed E-state index contributed by atoms with van der Waals surface area (Å²) >= 11 is 0. The minimum absolute atomic E-state index is 0.0687. The first-order valence-corrected chi connectivity index (χ1v) is 11.1. The molecular weight excluding hydrogens is 444 g/mol. The van der Waals surface area contributed by atoms with Crippen molar-refractivity contribution >= 4 is 33.3 Å². The number of hydrogen-bond donors (Lipinski definition) is 1. The molecule has 2 heterocycles. The molecule has 0 amide bonds. The maximum Gasteiger partial charge on any atom is 0.334 e. The summed E-state index contributed by atoms with van der Waals surface area (Å²) in [5, 5.41) is 15.1. The van der Waals surface area contributed by atoms with Crippen LogP contribution >= 0.6 is 0 Å². The lowest BCUT2D eigenvalue weighted by Crippen LogP contribution is -2.20. The molecule has 4 rings (SSSR count). The topological polar surface area (TPSA) is 108 Å². The summed E-state index contributed by atoms with van der Waals surface area (Å²) in [7, 11) is 2.88. The van der Waals surface area contributed by atoms with Gasteiger partial charge in [-0.15, -0.1) is 0 Å². The van der Waals surface area contributed by atoms with Crippen molar-refractivity contribution in [1.29, 1.82) is 0 Å². The maximum absolute atomic E-state index is 13.3. The molecule has 9 nitrogen and oxygen atoms in total. The van der Waals surface area contributed by atoms with Gasteiger partial charge in [-0.05, 0) is 37.3 Å². The average Bonchev–Trinajstić information content (AvgIpc) is 3.25. The van der Waals surface area contributed by atoms with Gasteiger partial charge in [-0.25, -0.2) is 4.21 Å². The first kappa shape index (κ1) is 22.3. The van der Waals surface area contributed by atoms with Gasteiger partial charge in [-0.3, -0.25) is 18.9 Å². The maximum atomic E-state index is 13.3. The number of nitrogens with zero attached hydrogens (tertiary/aromatic N) is 3. The second-order valence-corrected chi connectivity index (χ2v) is 8.84. The van der Waals surface area contributed by atoms with Crippen molar-refractivity contribution in [1.82, 2.24) is 8.54 Å². The van der Waals surface area contributed by atoms with E-state index in [1.165, 1.54) is 15.6 Å². The minimum atomic E-state index is -1.65. The Hall–Kier alpha value is -3.92. The molecule has 0 aliphatic rings. The Morgan fingerprint density at radius 2 is 1.79 bits per heavy atom. The van der Waals surface area contributed by atoms with Crippen LogP contribution in [-0.4, -0.2) is 31.8 Å². The molecule has 0 fully saturated rings. The van der Waals surface area contributed by atoms with Crippen molar-refractivity contribution in [2.45, 2.75) is 11.8 Å². The molecule has 1 unspecified atom stereocenters. The molecule has 0 radical (unpaired) electrons. The van der Waals surface area contributed by atoms with E-state index in [0.717, 1.165) is 5.56 Å². The Bertz CT molecular complexity index is 1470. The molecule has 0 bridgehead atoms. The molecule has 2 aromatic heterocycles. The largest absolute Gasteiger partial charge is 0.490 e. The lowest BCUT2D eigenvalue weighted by molar-refractivity contribution is -0.384. The van der Waals surface area contributed by atoms with Gasteiger partial charge in [0.15, 0.2) is 11.0 Å². The van der Waals surface area contributed by atoms with Crippen LogP contribution in [-0.2, 0) is 18.0 Å². The van der Waals surface area contributed by atoms with E-state index in [2.05, 4.69) is 5.32 Å². The van der Waals surface area contributed by atoms with Gasteiger partial charge in [0, 0.05) is 43.0 Å². The monoisotopic (exact) mass is 466 g/mol. The molecule has 33 heavy (non-hydrogen) atoms. The molecule has 0 saturated carbocycles. The van der Waals surface area contributed by atoms with Gasteiger partial charge >= 0.3 is 5.69 Å². The van der Waals surface area contributed by atoms with E-state index in [1.54, 1.807) is 56.8 Å². The van der Waals surface area contributed by atoms with E-state index in [9.17, 15) is 19.1 Å². The number of anilines is 1. The number of ether oxygens (including phenoxy) is 1. The molecule has 2 aromatic carbocycles. The van der Waals surface area contributed by atoms with Crippen LogP contribution < -0.4 is 15.6 Å². The van der Waals surface area contributed by atoms with Crippen LogP contribution in [0.5, 0.6) is 5.75 Å². The summed E-state index contributed by atoms with van der Waals surface area (Å²) in [4.78, 5) is 24.9.